The van der Waals surface area contributed by atoms with Crippen LogP contribution in [0.25, 0.3) is 0 Å². The molecule has 1 atom stereocenters. The number of hydrogen-bond donors (Lipinski definition) is 1. The topological polar surface area (TPSA) is 52.9 Å². The van der Waals surface area contributed by atoms with E-state index in [1.165, 1.54) is 0 Å². The van der Waals surface area contributed by atoms with Crippen molar-refractivity contribution in [1.82, 2.24) is 5.32 Å². The van der Waals surface area contributed by atoms with Crippen LogP contribution in [0.4, 0.5) is 0 Å². The van der Waals surface area contributed by atoms with Gasteiger partial charge in [-0.2, -0.15) is 5.26 Å². The van der Waals surface area contributed by atoms with E-state index in [1.54, 1.807) is 24.3 Å². The first kappa shape index (κ1) is 14.3. The van der Waals surface area contributed by atoms with Crippen molar-refractivity contribution in [1.29, 1.82) is 5.26 Å². The molecule has 100 valence electrons. The molecule has 0 radical (unpaired) electrons. The Bertz CT molecular complexity index is 659. The predicted octanol–water partition coefficient (Wildman–Crippen LogP) is 3.81. The molecule has 0 saturated heterocycles. The molecule has 20 heavy (non-hydrogen) atoms. The van der Waals surface area contributed by atoms with E-state index in [0.29, 0.717) is 11.1 Å². The van der Waals surface area contributed by atoms with Crippen LogP contribution in [0.2, 0.25) is 0 Å². The Morgan fingerprint density at radius 1 is 1.20 bits per heavy atom. The van der Waals surface area contributed by atoms with Crippen LogP contribution >= 0.6 is 15.9 Å². The minimum Gasteiger partial charge on any atom is -0.345 e. The van der Waals surface area contributed by atoms with Gasteiger partial charge in [0.1, 0.15) is 0 Å². The number of halogens is 1. The van der Waals surface area contributed by atoms with E-state index in [4.69, 9.17) is 5.26 Å². The molecule has 2 rings (SSSR count). The number of nitrogens with zero attached hydrogens (tertiary/aromatic N) is 1. The van der Waals surface area contributed by atoms with Gasteiger partial charge < -0.3 is 5.32 Å². The molecule has 0 heterocycles. The van der Waals surface area contributed by atoms with Gasteiger partial charge in [-0.05, 0) is 42.8 Å². The molecule has 2 aromatic rings. The quantitative estimate of drug-likeness (QED) is 0.931. The van der Waals surface area contributed by atoms with E-state index in [-0.39, 0.29) is 11.9 Å². The van der Waals surface area contributed by atoms with Crippen molar-refractivity contribution in [3.63, 3.8) is 0 Å². The second-order valence-electron chi connectivity index (χ2n) is 4.41. The summed E-state index contributed by atoms with van der Waals surface area (Å²) < 4.78 is 0.965. The summed E-state index contributed by atoms with van der Waals surface area (Å²) in [6.07, 6.45) is 0. The van der Waals surface area contributed by atoms with Crippen molar-refractivity contribution in [2.24, 2.45) is 0 Å². The van der Waals surface area contributed by atoms with E-state index in [0.717, 1.165) is 10.0 Å². The summed E-state index contributed by atoms with van der Waals surface area (Å²) in [7, 11) is 0. The van der Waals surface area contributed by atoms with Crippen LogP contribution in [0.15, 0.2) is 53.0 Å². The third kappa shape index (κ3) is 3.25. The largest absolute Gasteiger partial charge is 0.345 e. The van der Waals surface area contributed by atoms with Gasteiger partial charge in [-0.3, -0.25) is 4.79 Å². The highest BCUT2D eigenvalue weighted by atomic mass is 79.9. The number of nitriles is 1. The van der Waals surface area contributed by atoms with Gasteiger partial charge in [-0.1, -0.05) is 34.1 Å². The molecule has 0 aromatic heterocycles. The zero-order valence-corrected chi connectivity index (χ0v) is 12.5. The van der Waals surface area contributed by atoms with Gasteiger partial charge in [0.25, 0.3) is 5.91 Å². The van der Waals surface area contributed by atoms with Gasteiger partial charge in [0, 0.05) is 10.0 Å². The number of nitrogens with one attached hydrogen (secondary N) is 1. The SMILES string of the molecule is C[C@H](NC(=O)c1ccc(C#N)cc1)c1ccccc1Br. The van der Waals surface area contributed by atoms with Crippen molar-refractivity contribution in [3.8, 4) is 6.07 Å². The van der Waals surface area contributed by atoms with Gasteiger partial charge in [0.15, 0.2) is 0 Å². The standard InChI is InChI=1S/C16H13BrN2O/c1-11(14-4-2-3-5-15(14)17)19-16(20)13-8-6-12(10-18)7-9-13/h2-9,11H,1H3,(H,19,20)/t11-/m0/s1. The van der Waals surface area contributed by atoms with E-state index in [1.807, 2.05) is 37.3 Å². The van der Waals surface area contributed by atoms with Gasteiger partial charge in [-0.15, -0.1) is 0 Å². The summed E-state index contributed by atoms with van der Waals surface area (Å²) in [5.74, 6) is -0.155. The molecule has 0 aliphatic carbocycles. The summed E-state index contributed by atoms with van der Waals surface area (Å²) in [6, 6.07) is 16.3. The van der Waals surface area contributed by atoms with Crippen LogP contribution in [0.5, 0.6) is 0 Å². The summed E-state index contributed by atoms with van der Waals surface area (Å²) in [5.41, 5.74) is 2.11. The van der Waals surface area contributed by atoms with Crippen LogP contribution < -0.4 is 5.32 Å². The van der Waals surface area contributed by atoms with E-state index in [2.05, 4.69) is 21.2 Å². The Morgan fingerprint density at radius 3 is 2.45 bits per heavy atom. The maximum atomic E-state index is 12.1. The minimum absolute atomic E-state index is 0.103. The lowest BCUT2D eigenvalue weighted by molar-refractivity contribution is 0.0940. The molecular formula is C16H13BrN2O. The first-order chi connectivity index (χ1) is 9.61. The molecule has 0 aliphatic rings. The third-order valence-corrected chi connectivity index (χ3v) is 3.72. The zero-order valence-electron chi connectivity index (χ0n) is 10.9. The lowest BCUT2D eigenvalue weighted by Gasteiger charge is -2.15. The summed E-state index contributed by atoms with van der Waals surface area (Å²) in [6.45, 7) is 1.93. The first-order valence-corrected chi connectivity index (χ1v) is 6.96. The molecule has 2 aromatic carbocycles. The highest BCUT2D eigenvalue weighted by molar-refractivity contribution is 9.10. The van der Waals surface area contributed by atoms with Crippen LogP contribution in [0.1, 0.15) is 34.5 Å². The van der Waals surface area contributed by atoms with Crippen molar-refractivity contribution < 1.29 is 4.79 Å². The monoisotopic (exact) mass is 328 g/mol. The lowest BCUT2D eigenvalue weighted by atomic mass is 10.1. The highest BCUT2D eigenvalue weighted by Gasteiger charge is 2.13. The number of hydrogen-bond acceptors (Lipinski definition) is 2. The normalized spacial score (nSPS) is 11.4. The number of carbonyl (C=O) groups excluding carboxylic acids is 1. The van der Waals surface area contributed by atoms with Gasteiger partial charge in [-0.25, -0.2) is 0 Å². The molecule has 0 spiro atoms. The average Bonchev–Trinajstić information content (AvgIpc) is 2.47. The molecule has 1 N–H and O–H groups in total. The van der Waals surface area contributed by atoms with Crippen LogP contribution in [0, 0.1) is 11.3 Å². The average molecular weight is 329 g/mol. The fraction of sp³-hybridized carbons (Fsp3) is 0.125. The van der Waals surface area contributed by atoms with Crippen molar-refractivity contribution >= 4 is 21.8 Å². The first-order valence-electron chi connectivity index (χ1n) is 6.17. The highest BCUT2D eigenvalue weighted by Crippen LogP contribution is 2.23. The second-order valence-corrected chi connectivity index (χ2v) is 5.26. The molecule has 1 amide bonds. The summed E-state index contributed by atoms with van der Waals surface area (Å²) in [5, 5.41) is 11.7. The van der Waals surface area contributed by atoms with E-state index in [9.17, 15) is 4.79 Å². The molecule has 0 bridgehead atoms. The van der Waals surface area contributed by atoms with Crippen molar-refractivity contribution in [2.75, 3.05) is 0 Å². The van der Waals surface area contributed by atoms with Gasteiger partial charge in [0.2, 0.25) is 0 Å². The predicted molar refractivity (Wildman–Crippen MR) is 81.2 cm³/mol. The Labute approximate surface area is 126 Å². The second kappa shape index (κ2) is 6.36. The van der Waals surface area contributed by atoms with E-state index >= 15 is 0 Å². The molecular weight excluding hydrogens is 316 g/mol. The van der Waals surface area contributed by atoms with Crippen molar-refractivity contribution in [2.45, 2.75) is 13.0 Å². The summed E-state index contributed by atoms with van der Waals surface area (Å²) in [4.78, 5) is 12.1. The maximum absolute atomic E-state index is 12.1. The molecule has 3 nitrogen and oxygen atoms in total. The van der Waals surface area contributed by atoms with Gasteiger partial charge >= 0.3 is 0 Å². The fourth-order valence-electron chi connectivity index (χ4n) is 1.88. The minimum atomic E-state index is -0.155. The fourth-order valence-corrected chi connectivity index (χ4v) is 2.51. The zero-order chi connectivity index (χ0) is 14.5. The molecule has 0 unspecified atom stereocenters. The van der Waals surface area contributed by atoms with E-state index < -0.39 is 0 Å². The molecule has 0 saturated carbocycles. The number of rotatable bonds is 3. The molecule has 4 heteroatoms. The maximum Gasteiger partial charge on any atom is 0.251 e. The Morgan fingerprint density at radius 2 is 1.85 bits per heavy atom. The van der Waals surface area contributed by atoms with Crippen LogP contribution in [-0.2, 0) is 0 Å². The Hall–Kier alpha value is -2.12. The van der Waals surface area contributed by atoms with Crippen LogP contribution in [0.3, 0.4) is 0 Å². The van der Waals surface area contributed by atoms with Crippen molar-refractivity contribution in [3.05, 3.63) is 69.7 Å². The molecule has 0 fully saturated rings. The summed E-state index contributed by atoms with van der Waals surface area (Å²) >= 11 is 3.47. The lowest BCUT2D eigenvalue weighted by Crippen LogP contribution is -2.26. The molecule has 0 aliphatic heterocycles. The number of amides is 1. The Kier molecular flexibility index (Phi) is 4.54. The van der Waals surface area contributed by atoms with Gasteiger partial charge in [0.05, 0.1) is 17.7 Å². The third-order valence-electron chi connectivity index (χ3n) is 3.00. The smallest absolute Gasteiger partial charge is 0.251 e. The number of benzene rings is 2. The van der Waals surface area contributed by atoms with Crippen LogP contribution in [-0.4, -0.2) is 5.91 Å². The Balaban J connectivity index is 2.11. The number of carbonyl (C=O) groups is 1.